The number of likely N-dealkylation sites (N-methyl/N-ethyl adjacent to an activating group) is 1. The Kier molecular flexibility index (Phi) is 3.34. The summed E-state index contributed by atoms with van der Waals surface area (Å²) in [5.74, 6) is 1.59. The molecule has 0 aromatic heterocycles. The van der Waals surface area contributed by atoms with Gasteiger partial charge in [0.1, 0.15) is 5.60 Å². The van der Waals surface area contributed by atoms with Crippen LogP contribution in [0.4, 0.5) is 4.79 Å². The van der Waals surface area contributed by atoms with E-state index in [1.807, 2.05) is 32.7 Å². The first-order valence-electron chi connectivity index (χ1n) is 6.55. The largest absolute Gasteiger partial charge is 0.444 e. The molecule has 1 aliphatic heterocycles. The predicted octanol–water partition coefficient (Wildman–Crippen LogP) is 1.85. The van der Waals surface area contributed by atoms with Crippen molar-refractivity contribution in [2.45, 2.75) is 45.3 Å². The van der Waals surface area contributed by atoms with Gasteiger partial charge in [-0.25, -0.2) is 4.79 Å². The Balaban J connectivity index is 1.98. The summed E-state index contributed by atoms with van der Waals surface area (Å²) in [6.45, 7) is 7.50. The third-order valence-corrected chi connectivity index (χ3v) is 3.58. The molecule has 0 aromatic rings. The van der Waals surface area contributed by atoms with Crippen molar-refractivity contribution >= 4 is 6.09 Å². The Morgan fingerprint density at radius 1 is 1.35 bits per heavy atom. The number of fused-ring (bicyclic) bond motifs is 1. The predicted molar refractivity (Wildman–Crippen MR) is 66.9 cm³/mol. The van der Waals surface area contributed by atoms with Crippen LogP contribution in [-0.4, -0.2) is 42.8 Å². The second-order valence-electron chi connectivity index (χ2n) is 6.34. The third kappa shape index (κ3) is 3.12. The smallest absolute Gasteiger partial charge is 0.410 e. The van der Waals surface area contributed by atoms with Gasteiger partial charge in [0, 0.05) is 19.1 Å². The molecule has 1 amide bonds. The van der Waals surface area contributed by atoms with Crippen LogP contribution in [0.1, 0.15) is 33.6 Å². The highest BCUT2D eigenvalue weighted by Gasteiger charge is 2.47. The van der Waals surface area contributed by atoms with Crippen molar-refractivity contribution in [3.05, 3.63) is 0 Å². The highest BCUT2D eigenvalue weighted by Crippen LogP contribution is 2.47. The van der Waals surface area contributed by atoms with Crippen LogP contribution >= 0.6 is 0 Å². The van der Waals surface area contributed by atoms with Crippen molar-refractivity contribution in [1.82, 2.24) is 10.2 Å². The zero-order valence-corrected chi connectivity index (χ0v) is 11.3. The maximum absolute atomic E-state index is 12.1. The van der Waals surface area contributed by atoms with Gasteiger partial charge in [-0.2, -0.15) is 0 Å². The Morgan fingerprint density at radius 3 is 2.65 bits per heavy atom. The number of rotatable bonds is 2. The summed E-state index contributed by atoms with van der Waals surface area (Å²) in [7, 11) is 1.94. The number of ether oxygens (including phenoxy) is 1. The lowest BCUT2D eigenvalue weighted by molar-refractivity contribution is 0.00900. The minimum atomic E-state index is -0.401. The fourth-order valence-corrected chi connectivity index (χ4v) is 2.67. The lowest BCUT2D eigenvalue weighted by atomic mass is 10.0. The van der Waals surface area contributed by atoms with Crippen molar-refractivity contribution in [3.63, 3.8) is 0 Å². The molecule has 1 saturated carbocycles. The van der Waals surface area contributed by atoms with Crippen LogP contribution < -0.4 is 5.32 Å². The van der Waals surface area contributed by atoms with Gasteiger partial charge in [-0.3, -0.25) is 0 Å². The van der Waals surface area contributed by atoms with Gasteiger partial charge in [-0.15, -0.1) is 0 Å². The van der Waals surface area contributed by atoms with Gasteiger partial charge in [0.05, 0.1) is 0 Å². The van der Waals surface area contributed by atoms with E-state index < -0.39 is 5.60 Å². The summed E-state index contributed by atoms with van der Waals surface area (Å²) in [4.78, 5) is 14.1. The van der Waals surface area contributed by atoms with Crippen molar-refractivity contribution in [1.29, 1.82) is 0 Å². The first-order valence-corrected chi connectivity index (χ1v) is 6.55. The second-order valence-corrected chi connectivity index (χ2v) is 6.34. The van der Waals surface area contributed by atoms with Gasteiger partial charge in [0.15, 0.2) is 0 Å². The van der Waals surface area contributed by atoms with Crippen LogP contribution in [0.25, 0.3) is 0 Å². The van der Waals surface area contributed by atoms with Gasteiger partial charge in [-0.05, 0) is 52.5 Å². The van der Waals surface area contributed by atoms with Crippen LogP contribution in [0, 0.1) is 11.8 Å². The number of carbonyl (C=O) groups is 1. The van der Waals surface area contributed by atoms with E-state index >= 15 is 0 Å². The highest BCUT2D eigenvalue weighted by atomic mass is 16.6. The third-order valence-electron chi connectivity index (χ3n) is 3.58. The van der Waals surface area contributed by atoms with E-state index in [1.54, 1.807) is 0 Å². The summed E-state index contributed by atoms with van der Waals surface area (Å²) in [6, 6.07) is 0.304. The van der Waals surface area contributed by atoms with Crippen LogP contribution in [0.5, 0.6) is 0 Å². The Hall–Kier alpha value is -0.770. The van der Waals surface area contributed by atoms with Crippen LogP contribution in [0.3, 0.4) is 0 Å². The quantitative estimate of drug-likeness (QED) is 0.801. The Labute approximate surface area is 104 Å². The van der Waals surface area contributed by atoms with E-state index in [4.69, 9.17) is 4.74 Å². The molecule has 4 nitrogen and oxygen atoms in total. The molecule has 1 unspecified atom stereocenters. The lowest BCUT2D eigenvalue weighted by Gasteiger charge is -2.36. The summed E-state index contributed by atoms with van der Waals surface area (Å²) < 4.78 is 5.48. The average molecular weight is 240 g/mol. The maximum Gasteiger partial charge on any atom is 0.410 e. The highest BCUT2D eigenvalue weighted by molar-refractivity contribution is 5.69. The summed E-state index contributed by atoms with van der Waals surface area (Å²) in [5.41, 5.74) is -0.401. The van der Waals surface area contributed by atoms with Crippen LogP contribution in [0.15, 0.2) is 0 Å². The summed E-state index contributed by atoms with van der Waals surface area (Å²) in [5, 5.41) is 3.17. The molecule has 0 bridgehead atoms. The second kappa shape index (κ2) is 4.48. The molecule has 17 heavy (non-hydrogen) atoms. The van der Waals surface area contributed by atoms with Crippen molar-refractivity contribution in [3.8, 4) is 0 Å². The van der Waals surface area contributed by atoms with Gasteiger partial charge >= 0.3 is 6.09 Å². The fraction of sp³-hybridized carbons (Fsp3) is 0.923. The number of piperidine rings is 1. The number of nitrogens with zero attached hydrogens (tertiary/aromatic N) is 1. The van der Waals surface area contributed by atoms with E-state index in [0.717, 1.165) is 31.3 Å². The molecule has 1 N–H and O–H groups in total. The zero-order valence-electron chi connectivity index (χ0n) is 11.3. The molecule has 2 fully saturated rings. The van der Waals surface area contributed by atoms with E-state index in [1.165, 1.54) is 6.42 Å². The molecular formula is C13H24N2O2. The van der Waals surface area contributed by atoms with Gasteiger partial charge in [0.25, 0.3) is 0 Å². The topological polar surface area (TPSA) is 41.6 Å². The number of hydrogen-bond acceptors (Lipinski definition) is 3. The SMILES string of the molecule is CNC[C@@H]1CC2C[C@H]2CN1C(=O)OC(C)(C)C. The van der Waals surface area contributed by atoms with E-state index in [-0.39, 0.29) is 6.09 Å². The fourth-order valence-electron chi connectivity index (χ4n) is 2.67. The van der Waals surface area contributed by atoms with Crippen LogP contribution in [0.2, 0.25) is 0 Å². The molecule has 0 aromatic carbocycles. The van der Waals surface area contributed by atoms with Gasteiger partial charge in [-0.1, -0.05) is 0 Å². The molecule has 3 atom stereocenters. The minimum absolute atomic E-state index is 0.150. The summed E-state index contributed by atoms with van der Waals surface area (Å²) in [6.07, 6.45) is 2.27. The number of carbonyl (C=O) groups excluding carboxylic acids is 1. The Bertz CT molecular complexity index is 298. The zero-order chi connectivity index (χ0) is 12.6. The molecule has 0 radical (unpaired) electrons. The number of hydrogen-bond donors (Lipinski definition) is 1. The monoisotopic (exact) mass is 240 g/mol. The van der Waals surface area contributed by atoms with Gasteiger partial charge in [0.2, 0.25) is 0 Å². The van der Waals surface area contributed by atoms with Crippen molar-refractivity contribution in [2.24, 2.45) is 11.8 Å². The number of amides is 1. The van der Waals surface area contributed by atoms with E-state index in [9.17, 15) is 4.79 Å². The van der Waals surface area contributed by atoms with E-state index in [2.05, 4.69) is 5.32 Å². The van der Waals surface area contributed by atoms with Gasteiger partial charge < -0.3 is 15.0 Å². The van der Waals surface area contributed by atoms with Crippen molar-refractivity contribution < 1.29 is 9.53 Å². The normalized spacial score (nSPS) is 32.0. The van der Waals surface area contributed by atoms with E-state index in [0.29, 0.717) is 6.04 Å². The molecule has 2 rings (SSSR count). The average Bonchev–Trinajstić information content (AvgIpc) is 2.92. The Morgan fingerprint density at radius 2 is 2.06 bits per heavy atom. The number of nitrogens with one attached hydrogen (secondary N) is 1. The number of likely N-dealkylation sites (tertiary alicyclic amines) is 1. The molecular weight excluding hydrogens is 216 g/mol. The van der Waals surface area contributed by atoms with Crippen LogP contribution in [-0.2, 0) is 4.74 Å². The summed E-state index contributed by atoms with van der Waals surface area (Å²) >= 11 is 0. The standard InChI is InChI=1S/C13H24N2O2/c1-13(2,3)17-12(16)15-8-10-5-9(10)6-11(15)7-14-4/h9-11,14H,5-8H2,1-4H3/t9?,10-,11-/m0/s1. The molecule has 1 heterocycles. The molecule has 0 spiro atoms. The lowest BCUT2D eigenvalue weighted by Crippen LogP contribution is -2.50. The maximum atomic E-state index is 12.1. The first kappa shape index (κ1) is 12.7. The molecule has 1 aliphatic carbocycles. The van der Waals surface area contributed by atoms with Crippen molar-refractivity contribution in [2.75, 3.05) is 20.1 Å². The molecule has 4 heteroatoms. The first-order chi connectivity index (χ1) is 7.90. The molecule has 98 valence electrons. The minimum Gasteiger partial charge on any atom is -0.444 e. The molecule has 1 saturated heterocycles. The molecule has 2 aliphatic rings.